The molecule has 0 fully saturated rings. The number of hydrogen-bond donors (Lipinski definition) is 1. The Labute approximate surface area is 132 Å². The van der Waals surface area contributed by atoms with E-state index in [4.69, 9.17) is 27.9 Å². The summed E-state index contributed by atoms with van der Waals surface area (Å²) in [6.45, 7) is -0.204. The van der Waals surface area contributed by atoms with Crippen LogP contribution in [0.2, 0.25) is 10.0 Å². The standard InChI is InChI=1S/C14H13Cl2N3O2/c1-19-6-2-3-11(19)8-17-18-14(20)9-21-13-7-10(15)4-5-12(13)16/h2-8H,9H2,1H3,(H,18,20)/b17-8-. The molecule has 0 saturated carbocycles. The number of carbonyl (C=O) groups excluding carboxylic acids is 1. The van der Waals surface area contributed by atoms with Crippen molar-refractivity contribution >= 4 is 35.3 Å². The highest BCUT2D eigenvalue weighted by atomic mass is 35.5. The highest BCUT2D eigenvalue weighted by Crippen LogP contribution is 2.27. The summed E-state index contributed by atoms with van der Waals surface area (Å²) in [5, 5.41) is 4.71. The zero-order chi connectivity index (χ0) is 15.2. The molecule has 1 heterocycles. The van der Waals surface area contributed by atoms with Crippen molar-refractivity contribution in [2.75, 3.05) is 6.61 Å². The number of amides is 1. The van der Waals surface area contributed by atoms with Gasteiger partial charge in [-0.3, -0.25) is 4.79 Å². The summed E-state index contributed by atoms with van der Waals surface area (Å²) >= 11 is 11.7. The summed E-state index contributed by atoms with van der Waals surface area (Å²) in [6.07, 6.45) is 3.43. The van der Waals surface area contributed by atoms with Crippen LogP contribution in [0.3, 0.4) is 0 Å². The number of aryl methyl sites for hydroxylation is 1. The summed E-state index contributed by atoms with van der Waals surface area (Å²) in [7, 11) is 1.88. The maximum Gasteiger partial charge on any atom is 0.277 e. The Morgan fingerprint density at radius 1 is 1.43 bits per heavy atom. The van der Waals surface area contributed by atoms with Crippen LogP contribution in [-0.4, -0.2) is 23.3 Å². The second-order valence-corrected chi connectivity index (χ2v) is 5.04. The molecule has 0 aliphatic rings. The Morgan fingerprint density at radius 3 is 2.95 bits per heavy atom. The first kappa shape index (κ1) is 15.4. The Bertz CT molecular complexity index is 668. The molecule has 0 saturated heterocycles. The van der Waals surface area contributed by atoms with Crippen molar-refractivity contribution in [3.8, 4) is 5.75 Å². The lowest BCUT2D eigenvalue weighted by Gasteiger charge is -2.07. The lowest BCUT2D eigenvalue weighted by molar-refractivity contribution is -0.123. The summed E-state index contributed by atoms with van der Waals surface area (Å²) in [5.74, 6) is -0.0396. The van der Waals surface area contributed by atoms with Crippen molar-refractivity contribution in [2.24, 2.45) is 12.1 Å². The van der Waals surface area contributed by atoms with E-state index < -0.39 is 5.91 Å². The molecular weight excluding hydrogens is 313 g/mol. The number of nitrogens with one attached hydrogen (secondary N) is 1. The van der Waals surface area contributed by atoms with Gasteiger partial charge in [-0.1, -0.05) is 23.2 Å². The minimum absolute atomic E-state index is 0.204. The largest absolute Gasteiger partial charge is 0.482 e. The van der Waals surface area contributed by atoms with Crippen molar-refractivity contribution in [1.29, 1.82) is 0 Å². The van der Waals surface area contributed by atoms with Gasteiger partial charge in [-0.2, -0.15) is 5.10 Å². The van der Waals surface area contributed by atoms with Gasteiger partial charge in [0.2, 0.25) is 0 Å². The predicted molar refractivity (Wildman–Crippen MR) is 83.1 cm³/mol. The van der Waals surface area contributed by atoms with E-state index in [0.29, 0.717) is 15.8 Å². The first-order valence-electron chi connectivity index (χ1n) is 6.07. The van der Waals surface area contributed by atoms with Gasteiger partial charge in [0.05, 0.1) is 16.9 Å². The molecule has 1 aromatic heterocycles. The van der Waals surface area contributed by atoms with E-state index in [0.717, 1.165) is 5.69 Å². The molecule has 1 aromatic carbocycles. The van der Waals surface area contributed by atoms with Crippen molar-refractivity contribution in [1.82, 2.24) is 9.99 Å². The molecule has 1 amide bonds. The number of ether oxygens (including phenoxy) is 1. The summed E-state index contributed by atoms with van der Waals surface area (Å²) in [6, 6.07) is 8.54. The molecule has 0 bridgehead atoms. The van der Waals surface area contributed by atoms with Crippen LogP contribution in [-0.2, 0) is 11.8 Å². The Hall–Kier alpha value is -1.98. The first-order valence-corrected chi connectivity index (χ1v) is 6.83. The monoisotopic (exact) mass is 325 g/mol. The van der Waals surface area contributed by atoms with E-state index in [2.05, 4.69) is 10.5 Å². The van der Waals surface area contributed by atoms with Gasteiger partial charge in [0, 0.05) is 24.3 Å². The van der Waals surface area contributed by atoms with Crippen LogP contribution in [0.15, 0.2) is 41.6 Å². The second kappa shape index (κ2) is 7.15. The zero-order valence-corrected chi connectivity index (χ0v) is 12.7. The van der Waals surface area contributed by atoms with Crippen molar-refractivity contribution in [3.63, 3.8) is 0 Å². The van der Waals surface area contributed by atoms with Crippen molar-refractivity contribution < 1.29 is 9.53 Å². The van der Waals surface area contributed by atoms with Crippen LogP contribution in [0.4, 0.5) is 0 Å². The zero-order valence-electron chi connectivity index (χ0n) is 11.2. The molecule has 0 atom stereocenters. The molecule has 2 rings (SSSR count). The number of benzene rings is 1. The average Bonchev–Trinajstić information content (AvgIpc) is 2.85. The molecular formula is C14H13Cl2N3O2. The van der Waals surface area contributed by atoms with Gasteiger partial charge in [0.25, 0.3) is 5.91 Å². The molecule has 0 radical (unpaired) electrons. The first-order chi connectivity index (χ1) is 10.1. The third kappa shape index (κ3) is 4.51. The van der Waals surface area contributed by atoms with Gasteiger partial charge < -0.3 is 9.30 Å². The summed E-state index contributed by atoms with van der Waals surface area (Å²) in [5.41, 5.74) is 3.24. The van der Waals surface area contributed by atoms with E-state index in [-0.39, 0.29) is 6.61 Å². The van der Waals surface area contributed by atoms with E-state index in [1.165, 1.54) is 0 Å². The van der Waals surface area contributed by atoms with Crippen LogP contribution in [0, 0.1) is 0 Å². The average molecular weight is 326 g/mol. The van der Waals surface area contributed by atoms with Crippen LogP contribution in [0.5, 0.6) is 5.75 Å². The van der Waals surface area contributed by atoms with E-state index >= 15 is 0 Å². The number of hydrazone groups is 1. The third-order valence-corrected chi connectivity index (χ3v) is 3.17. The topological polar surface area (TPSA) is 55.6 Å². The van der Waals surface area contributed by atoms with Gasteiger partial charge in [0.1, 0.15) is 5.75 Å². The minimum atomic E-state index is -0.392. The van der Waals surface area contributed by atoms with Gasteiger partial charge in [0.15, 0.2) is 6.61 Å². The predicted octanol–water partition coefficient (Wildman–Crippen LogP) is 2.86. The third-order valence-electron chi connectivity index (χ3n) is 2.62. The van der Waals surface area contributed by atoms with Gasteiger partial charge in [-0.25, -0.2) is 5.43 Å². The molecule has 110 valence electrons. The van der Waals surface area contributed by atoms with Gasteiger partial charge in [-0.15, -0.1) is 0 Å². The number of aromatic nitrogens is 1. The second-order valence-electron chi connectivity index (χ2n) is 4.20. The van der Waals surface area contributed by atoms with Crippen LogP contribution in [0.25, 0.3) is 0 Å². The smallest absolute Gasteiger partial charge is 0.277 e. The van der Waals surface area contributed by atoms with E-state index in [9.17, 15) is 4.79 Å². The lowest BCUT2D eigenvalue weighted by atomic mass is 10.3. The van der Waals surface area contributed by atoms with Crippen molar-refractivity contribution in [3.05, 3.63) is 52.3 Å². The van der Waals surface area contributed by atoms with Crippen LogP contribution < -0.4 is 10.2 Å². The molecule has 2 aromatic rings. The minimum Gasteiger partial charge on any atom is -0.482 e. The van der Waals surface area contributed by atoms with Crippen molar-refractivity contribution in [2.45, 2.75) is 0 Å². The fourth-order valence-corrected chi connectivity index (χ4v) is 1.88. The molecule has 0 aliphatic heterocycles. The van der Waals surface area contributed by atoms with Gasteiger partial charge in [-0.05, 0) is 24.3 Å². The lowest BCUT2D eigenvalue weighted by Crippen LogP contribution is -2.24. The van der Waals surface area contributed by atoms with Crippen LogP contribution in [0.1, 0.15) is 5.69 Å². The molecule has 0 spiro atoms. The van der Waals surface area contributed by atoms with E-state index in [1.807, 2.05) is 29.9 Å². The molecule has 0 unspecified atom stereocenters. The quantitative estimate of drug-likeness (QED) is 0.678. The number of rotatable bonds is 5. The SMILES string of the molecule is Cn1cccc1/C=N\NC(=O)COc1cc(Cl)ccc1Cl. The Kier molecular flexibility index (Phi) is 5.25. The van der Waals surface area contributed by atoms with E-state index in [1.54, 1.807) is 24.4 Å². The fraction of sp³-hybridized carbons (Fsp3) is 0.143. The molecule has 0 aliphatic carbocycles. The number of halogens is 2. The number of hydrogen-bond acceptors (Lipinski definition) is 3. The fourth-order valence-electron chi connectivity index (χ4n) is 1.54. The summed E-state index contributed by atoms with van der Waals surface area (Å²) in [4.78, 5) is 11.6. The number of nitrogens with zero attached hydrogens (tertiary/aromatic N) is 2. The molecule has 21 heavy (non-hydrogen) atoms. The van der Waals surface area contributed by atoms with Gasteiger partial charge >= 0.3 is 0 Å². The highest BCUT2D eigenvalue weighted by molar-refractivity contribution is 6.34. The summed E-state index contributed by atoms with van der Waals surface area (Å²) < 4.78 is 7.16. The maximum absolute atomic E-state index is 11.6. The number of carbonyl (C=O) groups is 1. The molecule has 7 heteroatoms. The molecule has 1 N–H and O–H groups in total. The Morgan fingerprint density at radius 2 is 2.24 bits per heavy atom. The maximum atomic E-state index is 11.6. The normalized spacial score (nSPS) is 10.8. The highest BCUT2D eigenvalue weighted by Gasteiger charge is 2.06. The molecule has 5 nitrogen and oxygen atoms in total. The van der Waals surface area contributed by atoms with Crippen LogP contribution >= 0.6 is 23.2 Å². The Balaban J connectivity index is 1.84.